The molecular formula is C20H21FN4O3. The van der Waals surface area contributed by atoms with Crippen molar-refractivity contribution >= 4 is 34.4 Å². The molecule has 7 nitrogen and oxygen atoms in total. The first-order valence-electron chi connectivity index (χ1n) is 9.08. The predicted octanol–water partition coefficient (Wildman–Crippen LogP) is 2.88. The lowest BCUT2D eigenvalue weighted by Crippen LogP contribution is -2.36. The summed E-state index contributed by atoms with van der Waals surface area (Å²) in [4.78, 5) is 20.4. The summed E-state index contributed by atoms with van der Waals surface area (Å²) in [6.07, 6.45) is 0. The normalized spacial score (nSPS) is 14.3. The second-order valence-electron chi connectivity index (χ2n) is 6.66. The van der Waals surface area contributed by atoms with Crippen molar-refractivity contribution in [2.75, 3.05) is 55.0 Å². The van der Waals surface area contributed by atoms with Gasteiger partial charge in [0.05, 0.1) is 13.2 Å². The molecule has 3 aromatic rings. The molecule has 1 amide bonds. The second-order valence-corrected chi connectivity index (χ2v) is 6.66. The molecule has 28 heavy (non-hydrogen) atoms. The molecule has 8 heteroatoms. The minimum atomic E-state index is -0.381. The number of ether oxygens (including phenoxy) is 1. The maximum atomic E-state index is 13.3. The van der Waals surface area contributed by atoms with Crippen LogP contribution in [0.3, 0.4) is 0 Å². The van der Waals surface area contributed by atoms with Gasteiger partial charge in [0.15, 0.2) is 5.58 Å². The Balaban J connectivity index is 1.36. The first kappa shape index (κ1) is 18.2. The van der Waals surface area contributed by atoms with E-state index in [1.807, 2.05) is 24.3 Å². The summed E-state index contributed by atoms with van der Waals surface area (Å²) in [7, 11) is 1.70. The molecule has 146 valence electrons. The third kappa shape index (κ3) is 4.07. The molecule has 1 aliphatic rings. The van der Waals surface area contributed by atoms with Gasteiger partial charge in [0.1, 0.15) is 17.9 Å². The van der Waals surface area contributed by atoms with Crippen molar-refractivity contribution < 1.29 is 18.3 Å². The van der Waals surface area contributed by atoms with Gasteiger partial charge in [-0.3, -0.25) is 4.79 Å². The number of anilines is 3. The van der Waals surface area contributed by atoms with E-state index in [-0.39, 0.29) is 24.3 Å². The largest absolute Gasteiger partial charge is 0.423 e. The van der Waals surface area contributed by atoms with Crippen molar-refractivity contribution in [2.45, 2.75) is 0 Å². The van der Waals surface area contributed by atoms with E-state index >= 15 is 0 Å². The highest BCUT2D eigenvalue weighted by Crippen LogP contribution is 2.22. The Morgan fingerprint density at radius 3 is 2.71 bits per heavy atom. The zero-order chi connectivity index (χ0) is 19.5. The fourth-order valence-corrected chi connectivity index (χ4v) is 3.11. The number of morpholine rings is 1. The number of likely N-dealkylation sites (N-methyl/N-ethyl adjacent to an activating group) is 1. The van der Waals surface area contributed by atoms with E-state index in [0.717, 1.165) is 37.7 Å². The van der Waals surface area contributed by atoms with E-state index in [1.54, 1.807) is 11.9 Å². The van der Waals surface area contributed by atoms with Gasteiger partial charge in [-0.05, 0) is 36.4 Å². The Hall–Kier alpha value is -3.13. The molecule has 0 saturated carbocycles. The van der Waals surface area contributed by atoms with Crippen LogP contribution in [0.1, 0.15) is 0 Å². The van der Waals surface area contributed by atoms with Gasteiger partial charge in [-0.25, -0.2) is 4.39 Å². The van der Waals surface area contributed by atoms with Crippen LogP contribution in [0.4, 0.5) is 21.8 Å². The first-order chi connectivity index (χ1) is 13.6. The van der Waals surface area contributed by atoms with Crippen molar-refractivity contribution in [1.29, 1.82) is 0 Å². The third-order valence-corrected chi connectivity index (χ3v) is 4.57. The summed E-state index contributed by atoms with van der Waals surface area (Å²) < 4.78 is 24.2. The summed E-state index contributed by atoms with van der Waals surface area (Å²) in [5, 5.41) is 2.86. The average Bonchev–Trinajstić information content (AvgIpc) is 3.12. The highest BCUT2D eigenvalue weighted by molar-refractivity contribution is 5.94. The van der Waals surface area contributed by atoms with Crippen LogP contribution in [-0.2, 0) is 9.53 Å². The van der Waals surface area contributed by atoms with Gasteiger partial charge in [-0.15, -0.1) is 0 Å². The fraction of sp³-hybridized carbons (Fsp3) is 0.300. The van der Waals surface area contributed by atoms with E-state index in [9.17, 15) is 9.18 Å². The summed E-state index contributed by atoms with van der Waals surface area (Å²) in [6, 6.07) is 12.1. The monoisotopic (exact) mass is 384 g/mol. The maximum absolute atomic E-state index is 13.3. The summed E-state index contributed by atoms with van der Waals surface area (Å²) in [5.41, 5.74) is 2.72. The molecule has 0 spiro atoms. The number of rotatable bonds is 5. The summed E-state index contributed by atoms with van der Waals surface area (Å²) >= 11 is 0. The molecule has 0 aliphatic carbocycles. The smallest absolute Gasteiger partial charge is 0.298 e. The molecule has 1 N–H and O–H groups in total. The van der Waals surface area contributed by atoms with E-state index in [0.29, 0.717) is 11.1 Å². The number of hydrogen-bond acceptors (Lipinski definition) is 6. The molecule has 4 rings (SSSR count). The van der Waals surface area contributed by atoms with Gasteiger partial charge < -0.3 is 24.3 Å². The number of carbonyl (C=O) groups is 1. The molecule has 1 aliphatic heterocycles. The standard InChI is InChI=1S/C20H21FN4O3/c1-24(20-23-17-12-14(21)2-7-18(17)28-20)13-19(26)22-15-3-5-16(6-4-15)25-8-10-27-11-9-25/h2-7,12H,8-11,13H2,1H3,(H,22,26). The van der Waals surface area contributed by atoms with Gasteiger partial charge in [0.2, 0.25) is 5.91 Å². The molecule has 0 radical (unpaired) electrons. The number of oxazole rings is 1. The Kier molecular flexibility index (Phi) is 5.12. The van der Waals surface area contributed by atoms with Crippen molar-refractivity contribution in [3.05, 3.63) is 48.3 Å². The van der Waals surface area contributed by atoms with Gasteiger partial charge >= 0.3 is 0 Å². The van der Waals surface area contributed by atoms with Crippen LogP contribution >= 0.6 is 0 Å². The number of amides is 1. The molecule has 1 fully saturated rings. The Morgan fingerprint density at radius 1 is 1.21 bits per heavy atom. The van der Waals surface area contributed by atoms with E-state index in [4.69, 9.17) is 9.15 Å². The number of aromatic nitrogens is 1. The molecule has 0 unspecified atom stereocenters. The van der Waals surface area contributed by atoms with Gasteiger partial charge in [-0.1, -0.05) is 0 Å². The molecule has 0 atom stereocenters. The van der Waals surface area contributed by atoms with Crippen LogP contribution in [0, 0.1) is 5.82 Å². The maximum Gasteiger partial charge on any atom is 0.298 e. The highest BCUT2D eigenvalue weighted by Gasteiger charge is 2.15. The predicted molar refractivity (Wildman–Crippen MR) is 105 cm³/mol. The van der Waals surface area contributed by atoms with Crippen LogP contribution in [0.5, 0.6) is 0 Å². The lowest BCUT2D eigenvalue weighted by atomic mass is 10.2. The van der Waals surface area contributed by atoms with Crippen molar-refractivity contribution in [3.8, 4) is 0 Å². The van der Waals surface area contributed by atoms with Gasteiger partial charge in [-0.2, -0.15) is 4.98 Å². The molecule has 2 aromatic carbocycles. The average molecular weight is 384 g/mol. The summed E-state index contributed by atoms with van der Waals surface area (Å²) in [6.45, 7) is 3.25. The fourth-order valence-electron chi connectivity index (χ4n) is 3.11. The second kappa shape index (κ2) is 7.85. The topological polar surface area (TPSA) is 70.8 Å². The number of nitrogens with one attached hydrogen (secondary N) is 1. The number of nitrogens with zero attached hydrogens (tertiary/aromatic N) is 3. The Labute approximate surface area is 161 Å². The van der Waals surface area contributed by atoms with Crippen molar-refractivity contribution in [1.82, 2.24) is 4.98 Å². The number of benzene rings is 2. The van der Waals surface area contributed by atoms with Crippen LogP contribution in [0.25, 0.3) is 11.1 Å². The van der Waals surface area contributed by atoms with Crippen LogP contribution in [-0.4, -0.2) is 50.8 Å². The third-order valence-electron chi connectivity index (χ3n) is 4.57. The van der Waals surface area contributed by atoms with Gasteiger partial charge in [0, 0.05) is 37.6 Å². The number of carbonyl (C=O) groups excluding carboxylic acids is 1. The number of hydrogen-bond donors (Lipinski definition) is 1. The lowest BCUT2D eigenvalue weighted by molar-refractivity contribution is -0.115. The van der Waals surface area contributed by atoms with E-state index in [2.05, 4.69) is 15.2 Å². The van der Waals surface area contributed by atoms with E-state index in [1.165, 1.54) is 18.2 Å². The number of fused-ring (bicyclic) bond motifs is 1. The van der Waals surface area contributed by atoms with E-state index < -0.39 is 0 Å². The first-order valence-corrected chi connectivity index (χ1v) is 9.08. The Morgan fingerprint density at radius 2 is 1.96 bits per heavy atom. The molecule has 1 aromatic heterocycles. The lowest BCUT2D eigenvalue weighted by Gasteiger charge is -2.28. The molecule has 0 bridgehead atoms. The minimum Gasteiger partial charge on any atom is -0.423 e. The molecule has 1 saturated heterocycles. The van der Waals surface area contributed by atoms with Crippen LogP contribution in [0.2, 0.25) is 0 Å². The van der Waals surface area contributed by atoms with Crippen LogP contribution in [0.15, 0.2) is 46.9 Å². The zero-order valence-electron chi connectivity index (χ0n) is 15.5. The summed E-state index contributed by atoms with van der Waals surface area (Å²) in [5.74, 6) is -0.580. The van der Waals surface area contributed by atoms with Crippen molar-refractivity contribution in [3.63, 3.8) is 0 Å². The minimum absolute atomic E-state index is 0.0561. The SMILES string of the molecule is CN(CC(=O)Nc1ccc(N2CCOCC2)cc1)c1nc2cc(F)ccc2o1. The zero-order valence-corrected chi connectivity index (χ0v) is 15.5. The van der Waals surface area contributed by atoms with Crippen molar-refractivity contribution in [2.24, 2.45) is 0 Å². The highest BCUT2D eigenvalue weighted by atomic mass is 19.1. The molecule has 2 heterocycles. The van der Waals surface area contributed by atoms with Crippen LogP contribution < -0.4 is 15.1 Å². The Bertz CT molecular complexity index is 967. The molecular weight excluding hydrogens is 363 g/mol. The van der Waals surface area contributed by atoms with Gasteiger partial charge in [0.25, 0.3) is 6.01 Å². The quantitative estimate of drug-likeness (QED) is 0.729. The number of halogens is 1.